The Morgan fingerprint density at radius 2 is 2.00 bits per heavy atom. The average Bonchev–Trinajstić information content (AvgIpc) is 3.11. The maximum atomic E-state index is 12.0. The maximum absolute atomic E-state index is 12.0. The Hall–Kier alpha value is -3.42. The zero-order chi connectivity index (χ0) is 20.3. The third-order valence-electron chi connectivity index (χ3n) is 4.60. The summed E-state index contributed by atoms with van der Waals surface area (Å²) in [5.74, 6) is 0.441. The van der Waals surface area contributed by atoms with Crippen LogP contribution in [0.1, 0.15) is 35.7 Å². The molecule has 0 aromatic heterocycles. The van der Waals surface area contributed by atoms with E-state index < -0.39 is 4.92 Å². The minimum absolute atomic E-state index is 0.0179. The number of anilines is 1. The van der Waals surface area contributed by atoms with Crippen LogP contribution in [0.5, 0.6) is 11.5 Å². The predicted molar refractivity (Wildman–Crippen MR) is 102 cm³/mol. The molecule has 0 N–H and O–H groups in total. The Bertz CT molecular complexity index is 940. The van der Waals surface area contributed by atoms with Crippen LogP contribution in [0.2, 0.25) is 0 Å². The van der Waals surface area contributed by atoms with Crippen LogP contribution in [-0.4, -0.2) is 30.3 Å². The number of amides is 1. The van der Waals surface area contributed by atoms with Gasteiger partial charge in [-0.1, -0.05) is 0 Å². The van der Waals surface area contributed by atoms with Crippen molar-refractivity contribution in [3.8, 4) is 11.5 Å². The van der Waals surface area contributed by atoms with Gasteiger partial charge in [0.15, 0.2) is 11.5 Å². The quantitative estimate of drug-likeness (QED) is 0.411. The molecule has 8 heteroatoms. The van der Waals surface area contributed by atoms with E-state index in [1.165, 1.54) is 26.2 Å². The van der Waals surface area contributed by atoms with E-state index in [0.29, 0.717) is 35.5 Å². The molecule has 8 nitrogen and oxygen atoms in total. The molecule has 2 aromatic rings. The second-order valence-electron chi connectivity index (χ2n) is 6.43. The minimum atomic E-state index is -0.534. The van der Waals surface area contributed by atoms with Crippen LogP contribution in [0.15, 0.2) is 36.4 Å². The van der Waals surface area contributed by atoms with Crippen molar-refractivity contribution in [3.63, 3.8) is 0 Å². The van der Waals surface area contributed by atoms with E-state index in [4.69, 9.17) is 9.47 Å². The van der Waals surface area contributed by atoms with E-state index in [2.05, 4.69) is 0 Å². The first-order valence-electron chi connectivity index (χ1n) is 8.80. The van der Waals surface area contributed by atoms with Gasteiger partial charge in [-0.2, -0.15) is 0 Å². The van der Waals surface area contributed by atoms with Gasteiger partial charge in [0.2, 0.25) is 5.91 Å². The summed E-state index contributed by atoms with van der Waals surface area (Å²) in [6.07, 6.45) is 1.21. The number of hydrogen-bond acceptors (Lipinski definition) is 6. The first-order chi connectivity index (χ1) is 13.4. The number of Topliss-reactive ketones (excluding diaryl/α,β-unsaturated/α-hetero) is 1. The molecule has 1 fully saturated rings. The molecule has 0 spiro atoms. The Morgan fingerprint density at radius 1 is 1.21 bits per heavy atom. The first kappa shape index (κ1) is 19.3. The molecule has 1 heterocycles. The summed E-state index contributed by atoms with van der Waals surface area (Å²) in [5, 5.41) is 11.4. The number of ketones is 1. The Morgan fingerprint density at radius 3 is 2.61 bits per heavy atom. The van der Waals surface area contributed by atoms with E-state index in [-0.39, 0.29) is 29.7 Å². The van der Waals surface area contributed by atoms with Crippen LogP contribution >= 0.6 is 0 Å². The van der Waals surface area contributed by atoms with E-state index >= 15 is 0 Å². The fourth-order valence-electron chi connectivity index (χ4n) is 3.12. The average molecular weight is 384 g/mol. The normalized spacial score (nSPS) is 13.5. The van der Waals surface area contributed by atoms with Gasteiger partial charge in [0.05, 0.1) is 12.0 Å². The second-order valence-corrected chi connectivity index (χ2v) is 6.43. The minimum Gasteiger partial charge on any atom is -0.496 e. The summed E-state index contributed by atoms with van der Waals surface area (Å²) >= 11 is 0. The predicted octanol–water partition coefficient (Wildman–Crippen LogP) is 3.51. The summed E-state index contributed by atoms with van der Waals surface area (Å²) in [6, 6.07) is 9.32. The molecular weight excluding hydrogens is 364 g/mol. The third-order valence-corrected chi connectivity index (χ3v) is 4.60. The topological polar surface area (TPSA) is 99.0 Å². The van der Waals surface area contributed by atoms with Crippen molar-refractivity contribution in [3.05, 3.63) is 57.6 Å². The lowest BCUT2D eigenvalue weighted by Crippen LogP contribution is -2.23. The van der Waals surface area contributed by atoms with Crippen LogP contribution in [0.3, 0.4) is 0 Å². The number of carbonyl (C=O) groups is 2. The van der Waals surface area contributed by atoms with Gasteiger partial charge in [0.25, 0.3) is 0 Å². The number of benzene rings is 2. The lowest BCUT2D eigenvalue weighted by atomic mass is 10.1. The molecule has 28 heavy (non-hydrogen) atoms. The van der Waals surface area contributed by atoms with Gasteiger partial charge in [-0.05, 0) is 37.6 Å². The zero-order valence-corrected chi connectivity index (χ0v) is 15.6. The number of rotatable bonds is 7. The molecule has 0 atom stereocenters. The van der Waals surface area contributed by atoms with Gasteiger partial charge in [0.1, 0.15) is 12.4 Å². The SMILES string of the molecule is COc1ccc(C(C)=O)cc1COc1cc(N2CCCC2=O)ccc1[N+](=O)[O-]. The fourth-order valence-corrected chi connectivity index (χ4v) is 3.12. The monoisotopic (exact) mass is 384 g/mol. The van der Waals surface area contributed by atoms with Gasteiger partial charge < -0.3 is 14.4 Å². The van der Waals surface area contributed by atoms with Gasteiger partial charge in [-0.25, -0.2) is 0 Å². The van der Waals surface area contributed by atoms with Crippen LogP contribution < -0.4 is 14.4 Å². The maximum Gasteiger partial charge on any atom is 0.311 e. The zero-order valence-electron chi connectivity index (χ0n) is 15.6. The van der Waals surface area contributed by atoms with Crippen LogP contribution in [0, 0.1) is 10.1 Å². The van der Waals surface area contributed by atoms with Crippen molar-refractivity contribution in [1.82, 2.24) is 0 Å². The summed E-state index contributed by atoms with van der Waals surface area (Å²) in [5.41, 5.74) is 1.45. The molecule has 0 unspecified atom stereocenters. The number of nitro groups is 1. The lowest BCUT2D eigenvalue weighted by Gasteiger charge is -2.17. The Balaban J connectivity index is 1.90. The van der Waals surface area contributed by atoms with Crippen LogP contribution in [0.25, 0.3) is 0 Å². The summed E-state index contributed by atoms with van der Waals surface area (Å²) in [7, 11) is 1.49. The number of nitro benzene ring substituents is 1. The van der Waals surface area contributed by atoms with Crippen LogP contribution in [-0.2, 0) is 11.4 Å². The van der Waals surface area contributed by atoms with Crippen molar-refractivity contribution in [2.75, 3.05) is 18.6 Å². The Labute approximate surface area is 161 Å². The third kappa shape index (κ3) is 3.95. The largest absolute Gasteiger partial charge is 0.496 e. The van der Waals surface area contributed by atoms with E-state index in [1.807, 2.05) is 0 Å². The van der Waals surface area contributed by atoms with Crippen molar-refractivity contribution in [2.24, 2.45) is 0 Å². The van der Waals surface area contributed by atoms with Crippen molar-refractivity contribution < 1.29 is 24.0 Å². The van der Waals surface area contributed by atoms with Gasteiger partial charge in [-0.3, -0.25) is 19.7 Å². The molecule has 0 saturated carbocycles. The highest BCUT2D eigenvalue weighted by molar-refractivity contribution is 5.96. The van der Waals surface area contributed by atoms with E-state index in [1.54, 1.807) is 29.2 Å². The standard InChI is InChI=1S/C20H20N2O6/c1-13(23)14-5-8-18(27-2)15(10-14)12-28-19-11-16(6-7-17(19)22(25)26)21-9-3-4-20(21)24/h5-8,10-11H,3-4,9,12H2,1-2H3. The van der Waals surface area contributed by atoms with Crippen molar-refractivity contribution in [2.45, 2.75) is 26.4 Å². The van der Waals surface area contributed by atoms with Crippen molar-refractivity contribution in [1.29, 1.82) is 0 Å². The van der Waals surface area contributed by atoms with E-state index in [9.17, 15) is 19.7 Å². The number of nitrogens with zero attached hydrogens (tertiary/aromatic N) is 2. The van der Waals surface area contributed by atoms with E-state index in [0.717, 1.165) is 6.42 Å². The summed E-state index contributed by atoms with van der Waals surface area (Å²) < 4.78 is 11.0. The lowest BCUT2D eigenvalue weighted by molar-refractivity contribution is -0.385. The van der Waals surface area contributed by atoms with Gasteiger partial charge >= 0.3 is 5.69 Å². The summed E-state index contributed by atoms with van der Waals surface area (Å²) in [6.45, 7) is 2.00. The molecule has 1 aliphatic heterocycles. The fraction of sp³-hybridized carbons (Fsp3) is 0.300. The molecule has 1 amide bonds. The second kappa shape index (κ2) is 8.08. The smallest absolute Gasteiger partial charge is 0.311 e. The molecule has 3 rings (SSSR count). The molecule has 0 bridgehead atoms. The van der Waals surface area contributed by atoms with Crippen molar-refractivity contribution >= 4 is 23.1 Å². The highest BCUT2D eigenvalue weighted by Crippen LogP contribution is 2.34. The molecule has 0 radical (unpaired) electrons. The number of carbonyl (C=O) groups excluding carboxylic acids is 2. The molecule has 2 aromatic carbocycles. The van der Waals surface area contributed by atoms with Gasteiger partial charge in [0, 0.05) is 41.9 Å². The Kier molecular flexibility index (Phi) is 5.58. The van der Waals surface area contributed by atoms with Crippen LogP contribution in [0.4, 0.5) is 11.4 Å². The molecular formula is C20H20N2O6. The highest BCUT2D eigenvalue weighted by Gasteiger charge is 2.25. The molecule has 1 saturated heterocycles. The number of methoxy groups -OCH3 is 1. The molecule has 1 aliphatic rings. The summed E-state index contributed by atoms with van der Waals surface area (Å²) in [4.78, 5) is 36.0. The molecule has 0 aliphatic carbocycles. The highest BCUT2D eigenvalue weighted by atomic mass is 16.6. The first-order valence-corrected chi connectivity index (χ1v) is 8.80. The molecule has 146 valence electrons. The number of hydrogen-bond donors (Lipinski definition) is 0. The van der Waals surface area contributed by atoms with Gasteiger partial charge in [-0.15, -0.1) is 0 Å². The number of ether oxygens (including phenoxy) is 2.